The molecule has 0 amide bonds. The lowest BCUT2D eigenvalue weighted by Crippen LogP contribution is -2.27. The van der Waals surface area contributed by atoms with Gasteiger partial charge in [-0.2, -0.15) is 0 Å². The molecule has 3 heteroatoms. The molecule has 0 aromatic carbocycles. The number of fused-ring (bicyclic) bond motifs is 1. The average Bonchev–Trinajstić information content (AvgIpc) is 2.18. The van der Waals surface area contributed by atoms with Crippen molar-refractivity contribution in [2.24, 2.45) is 0 Å². The molecule has 0 bridgehead atoms. The van der Waals surface area contributed by atoms with E-state index in [9.17, 15) is 0 Å². The van der Waals surface area contributed by atoms with Crippen LogP contribution in [0.3, 0.4) is 0 Å². The van der Waals surface area contributed by atoms with E-state index in [-0.39, 0.29) is 0 Å². The molecule has 0 spiro atoms. The van der Waals surface area contributed by atoms with Crippen molar-refractivity contribution >= 4 is 0 Å². The SMILES string of the molecule is COc1cnc2c(c1)CNCC2C. The molecule has 1 unspecified atom stereocenters. The summed E-state index contributed by atoms with van der Waals surface area (Å²) in [6, 6.07) is 2.06. The fourth-order valence-corrected chi connectivity index (χ4v) is 1.72. The van der Waals surface area contributed by atoms with Crippen LogP contribution in [0.15, 0.2) is 12.3 Å². The molecule has 70 valence electrons. The second-order valence-corrected chi connectivity index (χ2v) is 3.45. The Kier molecular flexibility index (Phi) is 2.19. The first kappa shape index (κ1) is 8.51. The van der Waals surface area contributed by atoms with Gasteiger partial charge in [-0.25, -0.2) is 0 Å². The molecule has 3 nitrogen and oxygen atoms in total. The van der Waals surface area contributed by atoms with Gasteiger partial charge in [0.05, 0.1) is 13.3 Å². The van der Waals surface area contributed by atoms with Gasteiger partial charge in [-0.15, -0.1) is 0 Å². The van der Waals surface area contributed by atoms with Gasteiger partial charge >= 0.3 is 0 Å². The zero-order valence-electron chi connectivity index (χ0n) is 8.00. The van der Waals surface area contributed by atoms with Crippen molar-refractivity contribution in [3.05, 3.63) is 23.5 Å². The maximum Gasteiger partial charge on any atom is 0.137 e. The minimum absolute atomic E-state index is 0.509. The van der Waals surface area contributed by atoms with Crippen LogP contribution in [0.1, 0.15) is 24.1 Å². The number of ether oxygens (including phenoxy) is 1. The van der Waals surface area contributed by atoms with Crippen LogP contribution in [-0.4, -0.2) is 18.6 Å². The molecule has 1 aliphatic heterocycles. The van der Waals surface area contributed by atoms with E-state index in [1.165, 1.54) is 11.3 Å². The minimum Gasteiger partial charge on any atom is -0.495 e. The van der Waals surface area contributed by atoms with Gasteiger partial charge < -0.3 is 10.1 Å². The van der Waals surface area contributed by atoms with E-state index in [0.717, 1.165) is 18.8 Å². The number of hydrogen-bond acceptors (Lipinski definition) is 3. The van der Waals surface area contributed by atoms with Gasteiger partial charge in [0.2, 0.25) is 0 Å². The van der Waals surface area contributed by atoms with E-state index < -0.39 is 0 Å². The molecule has 2 rings (SSSR count). The van der Waals surface area contributed by atoms with Gasteiger partial charge in [-0.05, 0) is 11.6 Å². The molecule has 0 aliphatic carbocycles. The van der Waals surface area contributed by atoms with Crippen molar-refractivity contribution in [2.75, 3.05) is 13.7 Å². The van der Waals surface area contributed by atoms with Crippen molar-refractivity contribution in [3.63, 3.8) is 0 Å². The Morgan fingerprint density at radius 1 is 1.62 bits per heavy atom. The Morgan fingerprint density at radius 2 is 2.46 bits per heavy atom. The smallest absolute Gasteiger partial charge is 0.137 e. The molecular weight excluding hydrogens is 164 g/mol. The summed E-state index contributed by atoms with van der Waals surface area (Å²) in [5.74, 6) is 1.35. The van der Waals surface area contributed by atoms with Crippen LogP contribution in [0.5, 0.6) is 5.75 Å². The maximum atomic E-state index is 5.13. The Labute approximate surface area is 78.1 Å². The van der Waals surface area contributed by atoms with Crippen molar-refractivity contribution in [1.29, 1.82) is 0 Å². The zero-order chi connectivity index (χ0) is 9.26. The van der Waals surface area contributed by atoms with Gasteiger partial charge in [-0.1, -0.05) is 6.92 Å². The first-order valence-electron chi connectivity index (χ1n) is 4.55. The largest absolute Gasteiger partial charge is 0.495 e. The molecular formula is C10H14N2O. The lowest BCUT2D eigenvalue weighted by atomic mass is 9.98. The summed E-state index contributed by atoms with van der Waals surface area (Å²) >= 11 is 0. The van der Waals surface area contributed by atoms with E-state index in [1.54, 1.807) is 13.3 Å². The summed E-state index contributed by atoms with van der Waals surface area (Å²) in [5.41, 5.74) is 2.47. The van der Waals surface area contributed by atoms with Crippen molar-refractivity contribution in [3.8, 4) is 5.75 Å². The van der Waals surface area contributed by atoms with Crippen molar-refractivity contribution in [1.82, 2.24) is 10.3 Å². The summed E-state index contributed by atoms with van der Waals surface area (Å²) < 4.78 is 5.13. The molecule has 0 fully saturated rings. The monoisotopic (exact) mass is 178 g/mol. The van der Waals surface area contributed by atoms with E-state index in [4.69, 9.17) is 4.74 Å². The van der Waals surface area contributed by atoms with Gasteiger partial charge in [0.15, 0.2) is 0 Å². The van der Waals surface area contributed by atoms with Gasteiger partial charge in [0, 0.05) is 24.7 Å². The fourth-order valence-electron chi connectivity index (χ4n) is 1.72. The maximum absolute atomic E-state index is 5.13. The molecule has 0 saturated carbocycles. The van der Waals surface area contributed by atoms with E-state index in [2.05, 4.69) is 23.3 Å². The van der Waals surface area contributed by atoms with Crippen LogP contribution < -0.4 is 10.1 Å². The second-order valence-electron chi connectivity index (χ2n) is 3.45. The predicted molar refractivity (Wildman–Crippen MR) is 50.9 cm³/mol. The standard InChI is InChI=1S/C10H14N2O/c1-7-4-11-5-8-3-9(13-2)6-12-10(7)8/h3,6-7,11H,4-5H2,1-2H3. The summed E-state index contributed by atoms with van der Waals surface area (Å²) in [6.45, 7) is 4.11. The van der Waals surface area contributed by atoms with Crippen LogP contribution in [-0.2, 0) is 6.54 Å². The third kappa shape index (κ3) is 1.52. The molecule has 13 heavy (non-hydrogen) atoms. The number of nitrogens with one attached hydrogen (secondary N) is 1. The highest BCUT2D eigenvalue weighted by Gasteiger charge is 2.17. The van der Waals surface area contributed by atoms with Crippen LogP contribution in [0.25, 0.3) is 0 Å². The molecule has 2 heterocycles. The van der Waals surface area contributed by atoms with Crippen LogP contribution >= 0.6 is 0 Å². The highest BCUT2D eigenvalue weighted by Crippen LogP contribution is 2.24. The molecule has 1 aromatic heterocycles. The first-order valence-corrected chi connectivity index (χ1v) is 4.55. The summed E-state index contributed by atoms with van der Waals surface area (Å²) in [5, 5.41) is 3.35. The molecule has 1 aromatic rings. The van der Waals surface area contributed by atoms with Crippen molar-refractivity contribution in [2.45, 2.75) is 19.4 Å². The molecule has 1 atom stereocenters. The van der Waals surface area contributed by atoms with E-state index >= 15 is 0 Å². The van der Waals surface area contributed by atoms with Crippen molar-refractivity contribution < 1.29 is 4.74 Å². The number of aromatic nitrogens is 1. The Bertz CT molecular complexity index is 312. The van der Waals surface area contributed by atoms with E-state index in [0.29, 0.717) is 5.92 Å². The van der Waals surface area contributed by atoms with Crippen LogP contribution in [0, 0.1) is 0 Å². The highest BCUT2D eigenvalue weighted by atomic mass is 16.5. The summed E-state index contributed by atoms with van der Waals surface area (Å²) in [4.78, 5) is 4.41. The first-order chi connectivity index (χ1) is 6.31. The minimum atomic E-state index is 0.509. The highest BCUT2D eigenvalue weighted by molar-refractivity contribution is 5.32. The number of rotatable bonds is 1. The number of pyridine rings is 1. The molecule has 0 saturated heterocycles. The quantitative estimate of drug-likeness (QED) is 0.703. The Balaban J connectivity index is 2.39. The average molecular weight is 178 g/mol. The predicted octanol–water partition coefficient (Wildman–Crippen LogP) is 1.30. The van der Waals surface area contributed by atoms with E-state index in [1.807, 2.05) is 0 Å². The van der Waals surface area contributed by atoms with Gasteiger partial charge in [0.1, 0.15) is 5.75 Å². The lowest BCUT2D eigenvalue weighted by molar-refractivity contribution is 0.410. The lowest BCUT2D eigenvalue weighted by Gasteiger charge is -2.22. The number of methoxy groups -OCH3 is 1. The molecule has 0 radical (unpaired) electrons. The fraction of sp³-hybridized carbons (Fsp3) is 0.500. The van der Waals surface area contributed by atoms with Gasteiger partial charge in [0.25, 0.3) is 0 Å². The Morgan fingerprint density at radius 3 is 3.23 bits per heavy atom. The molecule has 1 N–H and O–H groups in total. The van der Waals surface area contributed by atoms with Crippen LogP contribution in [0.4, 0.5) is 0 Å². The molecule has 1 aliphatic rings. The third-order valence-corrected chi connectivity index (χ3v) is 2.44. The number of nitrogens with zero attached hydrogens (tertiary/aromatic N) is 1. The zero-order valence-corrected chi connectivity index (χ0v) is 8.00. The second kappa shape index (κ2) is 3.34. The normalized spacial score (nSPS) is 20.9. The third-order valence-electron chi connectivity index (χ3n) is 2.44. The summed E-state index contributed by atoms with van der Waals surface area (Å²) in [6.07, 6.45) is 1.79. The Hall–Kier alpha value is -1.09. The summed E-state index contributed by atoms with van der Waals surface area (Å²) in [7, 11) is 1.67. The topological polar surface area (TPSA) is 34.1 Å². The van der Waals surface area contributed by atoms with Crippen LogP contribution in [0.2, 0.25) is 0 Å². The van der Waals surface area contributed by atoms with Gasteiger partial charge in [-0.3, -0.25) is 4.98 Å². The number of hydrogen-bond donors (Lipinski definition) is 1.